The van der Waals surface area contributed by atoms with E-state index < -0.39 is 126 Å². The summed E-state index contributed by atoms with van der Waals surface area (Å²) in [6, 6.07) is 24.2. The molecule has 0 aromatic heterocycles. The first-order valence-corrected chi connectivity index (χ1v) is 27.6. The van der Waals surface area contributed by atoms with Crippen LogP contribution in [0, 0.1) is 23.7 Å². The number of esters is 1. The summed E-state index contributed by atoms with van der Waals surface area (Å²) >= 11 is 6.49. The highest BCUT2D eigenvalue weighted by atomic mass is 35.5. The number of carbonyl (C=O) groups excluding carboxylic acids is 3. The molecule has 438 valence electrons. The van der Waals surface area contributed by atoms with Crippen molar-refractivity contribution >= 4 is 35.5 Å². The van der Waals surface area contributed by atoms with Crippen molar-refractivity contribution in [3.63, 3.8) is 0 Å². The van der Waals surface area contributed by atoms with Crippen LogP contribution < -0.4 is 0 Å². The van der Waals surface area contributed by atoms with Gasteiger partial charge in [-0.25, -0.2) is 9.59 Å². The first kappa shape index (κ1) is 63.3. The van der Waals surface area contributed by atoms with Crippen molar-refractivity contribution in [1.82, 2.24) is 4.90 Å². The molecular weight excluding hydrogens is 1040 g/mol. The minimum atomic E-state index is -2.06. The molecule has 0 spiro atoms. The van der Waals surface area contributed by atoms with Crippen molar-refractivity contribution < 1.29 is 82.3 Å². The average molecular weight is 1130 g/mol. The Hall–Kier alpha value is -4.93. The van der Waals surface area contributed by atoms with Crippen molar-refractivity contribution in [1.29, 1.82) is 0 Å². The summed E-state index contributed by atoms with van der Waals surface area (Å²) in [4.78, 5) is 50.1. The fraction of sp³-hybridized carbons (Fsp3) is 0.627. The van der Waals surface area contributed by atoms with Gasteiger partial charge in [0, 0.05) is 48.9 Å². The molecule has 3 heterocycles. The average Bonchev–Trinajstić information content (AvgIpc) is 3.42. The number of halogens is 1. The third-order valence-electron chi connectivity index (χ3n) is 15.9. The largest absolute Gasteiger partial charge is 0.509 e. The smallest absolute Gasteiger partial charge is 0.459 e. The number of carbonyl (C=O) groups is 3. The number of amides is 1. The third kappa shape index (κ3) is 15.8. The van der Waals surface area contributed by atoms with Gasteiger partial charge in [0.2, 0.25) is 0 Å². The van der Waals surface area contributed by atoms with Gasteiger partial charge in [0.05, 0.1) is 59.4 Å². The summed E-state index contributed by atoms with van der Waals surface area (Å²) in [6.07, 6.45) is -14.0. The molecule has 20 heteroatoms. The van der Waals surface area contributed by atoms with E-state index in [9.17, 15) is 34.8 Å². The summed E-state index contributed by atoms with van der Waals surface area (Å²) in [7, 11) is 2.98. The molecule has 3 fully saturated rings. The number of likely N-dealkylation sites (N-methyl/N-ethyl adjacent to an activating group) is 1. The van der Waals surface area contributed by atoms with E-state index in [-0.39, 0.29) is 51.2 Å². The fourth-order valence-corrected chi connectivity index (χ4v) is 11.4. The quantitative estimate of drug-likeness (QED) is 0.0633. The highest BCUT2D eigenvalue weighted by Gasteiger charge is 2.54. The van der Waals surface area contributed by atoms with Gasteiger partial charge < -0.3 is 72.8 Å². The molecule has 0 bridgehead atoms. The van der Waals surface area contributed by atoms with E-state index in [0.717, 1.165) is 5.56 Å². The lowest BCUT2D eigenvalue weighted by Crippen LogP contribution is -2.62. The number of rotatable bonds is 15. The van der Waals surface area contributed by atoms with Gasteiger partial charge in [-0.1, -0.05) is 123 Å². The minimum absolute atomic E-state index is 0.00197. The highest BCUT2D eigenvalue weighted by Crippen LogP contribution is 2.42. The van der Waals surface area contributed by atoms with E-state index in [0.29, 0.717) is 16.1 Å². The number of oxime groups is 1. The number of hydrogen-bond donors (Lipinski definition) is 4. The zero-order valence-electron chi connectivity index (χ0n) is 47.6. The number of nitrogens with zero attached hydrogens (tertiary/aromatic N) is 2. The van der Waals surface area contributed by atoms with E-state index in [4.69, 9.17) is 59.1 Å². The van der Waals surface area contributed by atoms with Gasteiger partial charge in [0.1, 0.15) is 37.6 Å². The Morgan fingerprint density at radius 2 is 1.39 bits per heavy atom. The summed E-state index contributed by atoms with van der Waals surface area (Å²) in [5, 5.41) is 54.1. The molecule has 4 N–H and O–H groups in total. The second-order valence-corrected chi connectivity index (χ2v) is 22.7. The first-order chi connectivity index (χ1) is 37.3. The van der Waals surface area contributed by atoms with E-state index in [1.807, 2.05) is 36.4 Å². The molecule has 0 unspecified atom stereocenters. The molecule has 0 radical (unpaired) electrons. The van der Waals surface area contributed by atoms with Crippen LogP contribution in [0.25, 0.3) is 0 Å². The second kappa shape index (κ2) is 27.7. The van der Waals surface area contributed by atoms with Gasteiger partial charge in [0.25, 0.3) is 0 Å². The molecule has 19 nitrogen and oxygen atoms in total. The van der Waals surface area contributed by atoms with E-state index in [1.54, 1.807) is 104 Å². The third-order valence-corrected chi connectivity index (χ3v) is 16.3. The molecule has 3 saturated heterocycles. The molecule has 0 saturated carbocycles. The maximum absolute atomic E-state index is 14.8. The molecule has 6 rings (SSSR count). The Morgan fingerprint density at radius 1 is 0.785 bits per heavy atom. The van der Waals surface area contributed by atoms with Crippen molar-refractivity contribution in [2.45, 2.75) is 199 Å². The van der Waals surface area contributed by atoms with Crippen LogP contribution in [0.2, 0.25) is 5.02 Å². The summed E-state index contributed by atoms with van der Waals surface area (Å²) in [6.45, 7) is 16.2. The molecular formula is C59H83ClN2O17. The predicted molar refractivity (Wildman–Crippen MR) is 291 cm³/mol. The number of methoxy groups -OCH3 is 1. The maximum Gasteiger partial charge on any atom is 0.509 e. The predicted octanol–water partition coefficient (Wildman–Crippen LogP) is 8.51. The summed E-state index contributed by atoms with van der Waals surface area (Å²) in [5.74, 6) is -4.84. The molecule has 1 amide bonds. The van der Waals surface area contributed by atoms with Crippen LogP contribution >= 0.6 is 11.6 Å². The van der Waals surface area contributed by atoms with Crippen LogP contribution in [0.5, 0.6) is 0 Å². The second-order valence-electron chi connectivity index (χ2n) is 22.3. The molecule has 0 aliphatic carbocycles. The summed E-state index contributed by atoms with van der Waals surface area (Å²) < 4.78 is 56.4. The SMILES string of the molecule is CC[C@H]1OC(=O)[C@H](C)[C@@H](O[C@H]2C[C@@](C)(OC)[C@@H](O)[C@H](C)O2)[C@H](C)[C@@H](O[C@@H]2O[C@H](C)C[C@H](N(C)C(=O)OCc3ccccc3)[C@H]2OC(=O)OCc2ccccc2)[C@](C)(O)C[C@@H](C)/C(=N\OCc2ccccc2Cl)[C@H](C)[C@@H](O)[C@]1(C)O. The number of ether oxygens (including phenoxy) is 9. The van der Waals surface area contributed by atoms with Crippen molar-refractivity contribution in [2.75, 3.05) is 14.2 Å². The Morgan fingerprint density at radius 3 is 2.00 bits per heavy atom. The normalized spacial score (nSPS) is 36.3. The molecule has 3 aliphatic heterocycles. The monoisotopic (exact) mass is 1130 g/mol. The molecule has 3 aromatic rings. The summed E-state index contributed by atoms with van der Waals surface area (Å²) in [5.41, 5.74) is -2.93. The Balaban J connectivity index is 1.47. The van der Waals surface area contributed by atoms with Gasteiger partial charge in [0.15, 0.2) is 18.7 Å². The highest BCUT2D eigenvalue weighted by molar-refractivity contribution is 6.31. The van der Waals surface area contributed by atoms with Crippen LogP contribution in [-0.4, -0.2) is 148 Å². The Bertz CT molecular complexity index is 2470. The minimum Gasteiger partial charge on any atom is -0.459 e. The standard InChI is InChI=1S/C59H83ClN2O17/c1-13-45-59(10,69)50(63)36(4)47(61-73-33-42-26-20-21-27-43(42)60)34(2)29-57(8,68)52(37(5)48(38(6)53(65)76-45)77-46-30-58(9,70-12)51(64)39(7)75-46)79-54-49(78-56(67)72-32-41-24-18-15-19-25-41)44(28-35(3)74-54)62(11)55(66)71-31-40-22-16-14-17-23-40/h14-27,34-39,44-46,48-52,54,63-64,68-69H,13,28-33H2,1-12H3/b61-47+/t34-,35-,36+,37+,38-,39+,44+,45-,46+,48+,49-,50-,51+,52-,54+,57-,58-,59-/m1/s1. The lowest BCUT2D eigenvalue weighted by molar-refractivity contribution is -0.318. The zero-order valence-corrected chi connectivity index (χ0v) is 48.3. The zero-order chi connectivity index (χ0) is 58.0. The number of aliphatic hydroxyl groups excluding tert-OH is 2. The molecule has 18 atom stereocenters. The molecule has 3 aliphatic rings. The van der Waals surface area contributed by atoms with Crippen LogP contribution in [0.4, 0.5) is 9.59 Å². The van der Waals surface area contributed by atoms with Crippen LogP contribution in [0.3, 0.4) is 0 Å². The Labute approximate surface area is 469 Å². The van der Waals surface area contributed by atoms with Gasteiger partial charge in [-0.05, 0) is 78.0 Å². The van der Waals surface area contributed by atoms with Crippen molar-refractivity contribution in [3.8, 4) is 0 Å². The first-order valence-electron chi connectivity index (χ1n) is 27.2. The number of benzene rings is 3. The lowest BCUT2D eigenvalue weighted by atomic mass is 9.73. The van der Waals surface area contributed by atoms with Crippen LogP contribution in [-0.2, 0) is 72.1 Å². The Kier molecular flexibility index (Phi) is 22.2. The van der Waals surface area contributed by atoms with Gasteiger partial charge in [-0.15, -0.1) is 0 Å². The van der Waals surface area contributed by atoms with Crippen molar-refractivity contribution in [2.24, 2.45) is 28.8 Å². The van der Waals surface area contributed by atoms with Crippen LogP contribution in [0.15, 0.2) is 90.1 Å². The maximum atomic E-state index is 14.8. The van der Waals surface area contributed by atoms with Gasteiger partial charge >= 0.3 is 18.2 Å². The topological polar surface area (TPSA) is 240 Å². The molecule has 3 aromatic carbocycles. The number of aliphatic hydroxyl groups is 4. The van der Waals surface area contributed by atoms with E-state index in [2.05, 4.69) is 5.16 Å². The lowest BCUT2D eigenvalue weighted by Gasteiger charge is -2.49. The van der Waals surface area contributed by atoms with Crippen molar-refractivity contribution in [3.05, 3.63) is 107 Å². The van der Waals surface area contributed by atoms with E-state index >= 15 is 0 Å². The number of hydrogen-bond acceptors (Lipinski definition) is 18. The fourth-order valence-electron chi connectivity index (χ4n) is 11.2. The number of cyclic esters (lactones) is 1. The van der Waals surface area contributed by atoms with E-state index in [1.165, 1.54) is 32.9 Å². The van der Waals surface area contributed by atoms with Gasteiger partial charge in [-0.3, -0.25) is 4.79 Å². The molecule has 79 heavy (non-hydrogen) atoms. The van der Waals surface area contributed by atoms with Crippen LogP contribution in [0.1, 0.15) is 112 Å². The van der Waals surface area contributed by atoms with Gasteiger partial charge in [-0.2, -0.15) is 0 Å².